The lowest BCUT2D eigenvalue weighted by atomic mass is 10.2. The second-order valence-corrected chi connectivity index (χ2v) is 5.73. The number of aryl methyl sites for hydroxylation is 1. The summed E-state index contributed by atoms with van der Waals surface area (Å²) in [4.78, 5) is 40.4. The maximum absolute atomic E-state index is 12.3. The van der Waals surface area contributed by atoms with E-state index in [0.717, 1.165) is 4.57 Å². The van der Waals surface area contributed by atoms with Gasteiger partial charge in [0, 0.05) is 18.3 Å². The van der Waals surface area contributed by atoms with E-state index in [-0.39, 0.29) is 18.6 Å². The highest BCUT2D eigenvalue weighted by atomic mass is 16.2. The molecule has 0 saturated carbocycles. The highest BCUT2D eigenvalue weighted by molar-refractivity contribution is 5.94. The van der Waals surface area contributed by atoms with Crippen LogP contribution in [0, 0.1) is 12.3 Å². The molecule has 0 spiro atoms. The number of nitrogens with one attached hydrogen (secondary N) is 2. The molecular formula is C18H16N6O3. The summed E-state index contributed by atoms with van der Waals surface area (Å²) in [5, 5.41) is 9.38. The van der Waals surface area contributed by atoms with Crippen molar-refractivity contribution in [2.45, 2.75) is 6.54 Å². The summed E-state index contributed by atoms with van der Waals surface area (Å²) in [6.45, 7) is -0.493. The average molecular weight is 364 g/mol. The molecule has 2 N–H and O–H groups in total. The Kier molecular flexibility index (Phi) is 4.99. The van der Waals surface area contributed by atoms with Gasteiger partial charge in [-0.3, -0.25) is 23.6 Å². The first-order valence-corrected chi connectivity index (χ1v) is 7.98. The molecule has 0 unspecified atom stereocenters. The minimum Gasteiger partial charge on any atom is -0.345 e. The van der Waals surface area contributed by atoms with Crippen LogP contribution < -0.4 is 16.2 Å². The van der Waals surface area contributed by atoms with Gasteiger partial charge in [0.15, 0.2) is 5.65 Å². The normalized spacial score (nSPS) is 10.4. The number of rotatable bonds is 5. The lowest BCUT2D eigenvalue weighted by molar-refractivity contribution is -0.124. The lowest BCUT2D eigenvalue weighted by Crippen LogP contribution is -2.37. The zero-order valence-electron chi connectivity index (χ0n) is 14.5. The number of benzene rings is 1. The summed E-state index contributed by atoms with van der Waals surface area (Å²) in [6.07, 6.45) is 7.99. The zero-order valence-corrected chi connectivity index (χ0v) is 14.5. The molecule has 2 amide bonds. The van der Waals surface area contributed by atoms with Crippen molar-refractivity contribution in [2.24, 2.45) is 7.05 Å². The third-order valence-electron chi connectivity index (χ3n) is 3.79. The number of nitrogens with zero attached hydrogens (tertiary/aromatic N) is 4. The average Bonchev–Trinajstić information content (AvgIpc) is 3.04. The van der Waals surface area contributed by atoms with Crippen molar-refractivity contribution < 1.29 is 9.59 Å². The largest absolute Gasteiger partial charge is 0.345 e. The molecule has 0 aliphatic rings. The van der Waals surface area contributed by atoms with Crippen molar-refractivity contribution in [3.05, 3.63) is 52.7 Å². The maximum Gasteiger partial charge on any atom is 0.264 e. The monoisotopic (exact) mass is 364 g/mol. The molecule has 1 aromatic carbocycles. The summed E-state index contributed by atoms with van der Waals surface area (Å²) in [7, 11) is 1.67. The van der Waals surface area contributed by atoms with Gasteiger partial charge in [0.05, 0.1) is 12.7 Å². The number of carbonyl (C=O) groups excluding carboxylic acids is 2. The van der Waals surface area contributed by atoms with Crippen molar-refractivity contribution in [1.29, 1.82) is 0 Å². The van der Waals surface area contributed by atoms with Gasteiger partial charge < -0.3 is 10.6 Å². The van der Waals surface area contributed by atoms with E-state index < -0.39 is 11.8 Å². The van der Waals surface area contributed by atoms with Gasteiger partial charge in [0.25, 0.3) is 5.56 Å². The van der Waals surface area contributed by atoms with Crippen molar-refractivity contribution in [2.75, 3.05) is 11.9 Å². The molecule has 0 aliphatic heterocycles. The molecule has 2 aromatic heterocycles. The molecule has 0 saturated heterocycles. The van der Waals surface area contributed by atoms with Crippen LogP contribution in [0.15, 0.2) is 41.6 Å². The number of anilines is 1. The predicted octanol–water partition coefficient (Wildman–Crippen LogP) is -0.134. The van der Waals surface area contributed by atoms with Gasteiger partial charge in [-0.2, -0.15) is 5.10 Å². The highest BCUT2D eigenvalue weighted by Gasteiger charge is 2.11. The third-order valence-corrected chi connectivity index (χ3v) is 3.79. The zero-order chi connectivity index (χ0) is 19.4. The number of amides is 2. The summed E-state index contributed by atoms with van der Waals surface area (Å²) in [6, 6.07) is 6.79. The number of hydrogen-bond acceptors (Lipinski definition) is 5. The van der Waals surface area contributed by atoms with Crippen LogP contribution in [-0.4, -0.2) is 37.7 Å². The second kappa shape index (κ2) is 7.53. The highest BCUT2D eigenvalue weighted by Crippen LogP contribution is 2.09. The van der Waals surface area contributed by atoms with Crippen molar-refractivity contribution >= 4 is 28.5 Å². The van der Waals surface area contributed by atoms with E-state index in [4.69, 9.17) is 6.42 Å². The fourth-order valence-electron chi connectivity index (χ4n) is 2.46. The van der Waals surface area contributed by atoms with Crippen LogP contribution in [0.5, 0.6) is 0 Å². The summed E-state index contributed by atoms with van der Waals surface area (Å²) < 4.78 is 2.63. The summed E-state index contributed by atoms with van der Waals surface area (Å²) in [5.41, 5.74) is 1.23. The lowest BCUT2D eigenvalue weighted by Gasteiger charge is -2.08. The Hall–Kier alpha value is -3.93. The van der Waals surface area contributed by atoms with E-state index in [2.05, 4.69) is 26.6 Å². The molecule has 0 atom stereocenters. The van der Waals surface area contributed by atoms with Gasteiger partial charge in [0.1, 0.15) is 18.3 Å². The van der Waals surface area contributed by atoms with Crippen LogP contribution in [-0.2, 0) is 23.2 Å². The smallest absolute Gasteiger partial charge is 0.264 e. The van der Waals surface area contributed by atoms with Gasteiger partial charge in [-0.15, -0.1) is 6.42 Å². The van der Waals surface area contributed by atoms with E-state index in [1.165, 1.54) is 17.2 Å². The summed E-state index contributed by atoms with van der Waals surface area (Å²) >= 11 is 0. The van der Waals surface area contributed by atoms with E-state index >= 15 is 0 Å². The molecule has 27 heavy (non-hydrogen) atoms. The Bertz CT molecular complexity index is 1120. The first-order valence-electron chi connectivity index (χ1n) is 7.98. The molecule has 9 nitrogen and oxygen atoms in total. The van der Waals surface area contributed by atoms with E-state index in [0.29, 0.717) is 22.3 Å². The van der Waals surface area contributed by atoms with E-state index in [9.17, 15) is 14.4 Å². The first-order chi connectivity index (χ1) is 13.0. The molecule has 3 aromatic rings. The SMILES string of the molecule is C#Cc1cccc(NC(=O)CNC(=O)Cn2cnc3c(cnn3C)c2=O)c1. The first kappa shape index (κ1) is 17.9. The molecular weight excluding hydrogens is 348 g/mol. The van der Waals surface area contributed by atoms with Gasteiger partial charge in [-0.25, -0.2) is 4.98 Å². The Labute approximate surface area is 154 Å². The van der Waals surface area contributed by atoms with Gasteiger partial charge in [0.2, 0.25) is 11.8 Å². The molecule has 3 rings (SSSR count). The predicted molar refractivity (Wildman–Crippen MR) is 98.8 cm³/mol. The quantitative estimate of drug-likeness (QED) is 0.613. The maximum atomic E-state index is 12.3. The molecule has 0 bridgehead atoms. The van der Waals surface area contributed by atoms with Crippen molar-refractivity contribution in [1.82, 2.24) is 24.6 Å². The Balaban J connectivity index is 1.58. The number of aromatic nitrogens is 4. The van der Waals surface area contributed by atoms with Gasteiger partial charge >= 0.3 is 0 Å². The Morgan fingerprint density at radius 2 is 2.11 bits per heavy atom. The topological polar surface area (TPSA) is 111 Å². The molecule has 9 heteroatoms. The molecule has 0 radical (unpaired) electrons. The van der Waals surface area contributed by atoms with Crippen LogP contribution >= 0.6 is 0 Å². The molecule has 136 valence electrons. The van der Waals surface area contributed by atoms with E-state index in [1.54, 1.807) is 31.3 Å². The Morgan fingerprint density at radius 1 is 1.30 bits per heavy atom. The van der Waals surface area contributed by atoms with Crippen LogP contribution in [0.2, 0.25) is 0 Å². The van der Waals surface area contributed by atoms with Crippen molar-refractivity contribution in [3.8, 4) is 12.3 Å². The van der Waals surface area contributed by atoms with Gasteiger partial charge in [-0.1, -0.05) is 12.0 Å². The molecule has 2 heterocycles. The number of terminal acetylenes is 1. The number of hydrogen-bond donors (Lipinski definition) is 2. The minimum absolute atomic E-state index is 0.240. The number of carbonyl (C=O) groups is 2. The number of fused-ring (bicyclic) bond motifs is 1. The fourth-order valence-corrected chi connectivity index (χ4v) is 2.46. The van der Waals surface area contributed by atoms with Crippen molar-refractivity contribution in [3.63, 3.8) is 0 Å². The minimum atomic E-state index is -0.491. The third kappa shape index (κ3) is 4.01. The summed E-state index contributed by atoms with van der Waals surface area (Å²) in [5.74, 6) is 1.57. The fraction of sp³-hybridized carbons (Fsp3) is 0.167. The van der Waals surface area contributed by atoms with Crippen LogP contribution in [0.25, 0.3) is 11.0 Å². The van der Waals surface area contributed by atoms with Crippen LogP contribution in [0.1, 0.15) is 5.56 Å². The van der Waals surface area contributed by atoms with Crippen LogP contribution in [0.3, 0.4) is 0 Å². The van der Waals surface area contributed by atoms with E-state index in [1.807, 2.05) is 0 Å². The van der Waals surface area contributed by atoms with Crippen LogP contribution in [0.4, 0.5) is 5.69 Å². The standard InChI is InChI=1S/C18H16N6O3/c1-3-12-5-4-6-13(7-12)22-15(25)9-19-16(26)10-24-11-20-17-14(18(24)27)8-21-23(17)2/h1,4-8,11H,9-10H2,2H3,(H,19,26)(H,22,25). The molecule has 0 fully saturated rings. The molecule has 0 aliphatic carbocycles. The second-order valence-electron chi connectivity index (χ2n) is 5.73. The Morgan fingerprint density at radius 3 is 2.89 bits per heavy atom. The van der Waals surface area contributed by atoms with Gasteiger partial charge in [-0.05, 0) is 18.2 Å².